The molecule has 0 bridgehead atoms. The molecule has 0 unspecified atom stereocenters. The summed E-state index contributed by atoms with van der Waals surface area (Å²) in [5, 5.41) is 0. The van der Waals surface area contributed by atoms with Gasteiger partial charge in [-0.25, -0.2) is 0 Å². The molecule has 0 radical (unpaired) electrons. The maximum Gasteiger partial charge on any atom is 1.00 e. The van der Waals surface area contributed by atoms with E-state index in [4.69, 9.17) is 5.73 Å². The van der Waals surface area contributed by atoms with Crippen LogP contribution in [0.25, 0.3) is 5.73 Å². The van der Waals surface area contributed by atoms with E-state index in [-0.39, 0.29) is 51.4 Å². The van der Waals surface area contributed by atoms with Crippen LogP contribution in [0.2, 0.25) is 0 Å². The first-order valence-corrected chi connectivity index (χ1v) is 2.56. The van der Waals surface area contributed by atoms with Crippen molar-refractivity contribution in [3.8, 4) is 0 Å². The van der Waals surface area contributed by atoms with Gasteiger partial charge in [0.25, 0.3) is 0 Å². The van der Waals surface area contributed by atoms with E-state index in [0.717, 1.165) is 6.42 Å². The van der Waals surface area contributed by atoms with Gasteiger partial charge in [0.05, 0.1) is 0 Å². The Kier molecular flexibility index (Phi) is 17.2. The van der Waals surface area contributed by atoms with Gasteiger partial charge in [-0.3, -0.25) is 0 Å². The molecule has 7 heavy (non-hydrogen) atoms. The second kappa shape index (κ2) is 10.6. The molecule has 1 N–H and O–H groups in total. The summed E-state index contributed by atoms with van der Waals surface area (Å²) in [6.45, 7) is 2.75. The average molecular weight is 125 g/mol. The van der Waals surface area contributed by atoms with Crippen LogP contribution >= 0.6 is 0 Å². The zero-order valence-corrected chi connectivity index (χ0v) is 8.45. The van der Waals surface area contributed by atoms with Crippen LogP contribution in [0.15, 0.2) is 0 Å². The van der Waals surface area contributed by atoms with Gasteiger partial charge in [-0.2, -0.15) is 6.54 Å². The van der Waals surface area contributed by atoms with Crippen molar-refractivity contribution in [2.75, 3.05) is 6.54 Å². The minimum Gasteiger partial charge on any atom is -0.677 e. The van der Waals surface area contributed by atoms with E-state index < -0.39 is 0 Å². The van der Waals surface area contributed by atoms with Gasteiger partial charge >= 0.3 is 51.4 Å². The first-order chi connectivity index (χ1) is 2.91. The molecule has 0 heterocycles. The molecule has 0 aliphatic carbocycles. The Balaban J connectivity index is 0. The van der Waals surface area contributed by atoms with Crippen molar-refractivity contribution in [1.29, 1.82) is 0 Å². The average Bonchev–Trinajstić information content (AvgIpc) is 1.61. The smallest absolute Gasteiger partial charge is 0.677 e. The Morgan fingerprint density at radius 1 is 1.29 bits per heavy atom. The van der Waals surface area contributed by atoms with Crippen molar-refractivity contribution in [3.05, 3.63) is 5.73 Å². The van der Waals surface area contributed by atoms with E-state index in [1.807, 2.05) is 0 Å². The van der Waals surface area contributed by atoms with Crippen LogP contribution < -0.4 is 51.4 Å². The van der Waals surface area contributed by atoms with Crippen LogP contribution in [0, 0.1) is 0 Å². The van der Waals surface area contributed by atoms with Crippen LogP contribution in [-0.2, 0) is 0 Å². The van der Waals surface area contributed by atoms with Gasteiger partial charge in [0.1, 0.15) is 0 Å². The molecule has 0 saturated heterocycles. The monoisotopic (exact) mass is 125 g/mol. The fourth-order valence-electron chi connectivity index (χ4n) is 0.375. The predicted molar refractivity (Wildman–Crippen MR) is 28.7 cm³/mol. The summed E-state index contributed by atoms with van der Waals surface area (Å²) in [5.74, 6) is 0. The predicted octanol–water partition coefficient (Wildman–Crippen LogP) is -0.767. The maximum atomic E-state index is 6.71. The maximum absolute atomic E-state index is 6.71. The molecule has 0 amide bonds. The van der Waals surface area contributed by atoms with E-state index >= 15 is 0 Å². The molecule has 0 atom stereocenters. The van der Waals surface area contributed by atoms with E-state index in [1.54, 1.807) is 0 Å². The summed E-state index contributed by atoms with van der Waals surface area (Å²) in [6.07, 6.45) is 3.54. The van der Waals surface area contributed by atoms with Crippen molar-refractivity contribution in [2.24, 2.45) is 0 Å². The van der Waals surface area contributed by atoms with Crippen LogP contribution in [-0.4, -0.2) is 6.54 Å². The first kappa shape index (κ1) is 11.4. The number of nitrogens with one attached hydrogen (secondary N) is 1. The summed E-state index contributed by atoms with van der Waals surface area (Å²) >= 11 is 0. The molecule has 0 fully saturated rings. The van der Waals surface area contributed by atoms with Gasteiger partial charge in [-0.1, -0.05) is 26.2 Å². The molecular formula is C5H12KN. The second-order valence-electron chi connectivity index (χ2n) is 1.46. The third kappa shape index (κ3) is 11.3. The van der Waals surface area contributed by atoms with Gasteiger partial charge in [0, 0.05) is 0 Å². The van der Waals surface area contributed by atoms with E-state index in [2.05, 4.69) is 6.92 Å². The van der Waals surface area contributed by atoms with Gasteiger partial charge in [-0.05, 0) is 0 Å². The van der Waals surface area contributed by atoms with Gasteiger partial charge in [0.15, 0.2) is 0 Å². The fourth-order valence-corrected chi connectivity index (χ4v) is 0.375. The Morgan fingerprint density at radius 2 is 1.86 bits per heavy atom. The van der Waals surface area contributed by atoms with Gasteiger partial charge < -0.3 is 5.73 Å². The zero-order chi connectivity index (χ0) is 4.83. The Hall–Kier alpha value is 1.60. The summed E-state index contributed by atoms with van der Waals surface area (Å²) < 4.78 is 0. The van der Waals surface area contributed by atoms with Crippen LogP contribution in [0.3, 0.4) is 0 Å². The molecule has 2 heteroatoms. The first-order valence-electron chi connectivity index (χ1n) is 2.56. The molecular weight excluding hydrogens is 113 g/mol. The molecule has 0 aliphatic heterocycles. The molecule has 0 aromatic carbocycles. The molecule has 1 nitrogen and oxygen atoms in total. The topological polar surface area (TPSA) is 23.8 Å². The van der Waals surface area contributed by atoms with Crippen molar-refractivity contribution in [3.63, 3.8) is 0 Å². The van der Waals surface area contributed by atoms with Crippen molar-refractivity contribution >= 4 is 0 Å². The van der Waals surface area contributed by atoms with E-state index in [0.29, 0.717) is 6.54 Å². The van der Waals surface area contributed by atoms with E-state index in [9.17, 15) is 0 Å². The molecule has 0 aromatic heterocycles. The number of rotatable bonds is 3. The third-order valence-electron chi connectivity index (χ3n) is 0.780. The normalized spacial score (nSPS) is 7.71. The van der Waals surface area contributed by atoms with Crippen molar-refractivity contribution in [2.45, 2.75) is 26.2 Å². The zero-order valence-electron chi connectivity index (χ0n) is 5.33. The SMILES string of the molecule is CCCCC[NH-].[K+]. The van der Waals surface area contributed by atoms with Gasteiger partial charge in [0.2, 0.25) is 0 Å². The Morgan fingerprint density at radius 3 is 2.00 bits per heavy atom. The number of unbranched alkanes of at least 4 members (excludes halogenated alkanes) is 2. The third-order valence-corrected chi connectivity index (χ3v) is 0.780. The molecule has 0 spiro atoms. The standard InChI is InChI=1S/C5H12N.K/c1-2-3-4-5-6;/h6H,2-5H2,1H3;/q-1;+1. The number of hydrogen-bond acceptors (Lipinski definition) is 0. The summed E-state index contributed by atoms with van der Waals surface area (Å²) in [6, 6.07) is 0. The minimum absolute atomic E-state index is 0. The van der Waals surface area contributed by atoms with E-state index in [1.165, 1.54) is 12.8 Å². The summed E-state index contributed by atoms with van der Waals surface area (Å²) in [4.78, 5) is 0. The van der Waals surface area contributed by atoms with Crippen LogP contribution in [0.1, 0.15) is 26.2 Å². The molecule has 0 aromatic rings. The molecule has 0 rings (SSSR count). The Bertz CT molecular complexity index is 20.0. The van der Waals surface area contributed by atoms with Crippen LogP contribution in [0.4, 0.5) is 0 Å². The quantitative estimate of drug-likeness (QED) is 0.349. The Labute approximate surface area is 88.5 Å². The fraction of sp³-hybridized carbons (Fsp3) is 1.00. The largest absolute Gasteiger partial charge is 1.00 e. The molecule has 0 aliphatic rings. The number of hydrogen-bond donors (Lipinski definition) is 0. The van der Waals surface area contributed by atoms with Crippen molar-refractivity contribution in [1.82, 2.24) is 0 Å². The summed E-state index contributed by atoms with van der Waals surface area (Å²) in [5.41, 5.74) is 6.71. The van der Waals surface area contributed by atoms with Crippen LogP contribution in [0.5, 0.6) is 0 Å². The second-order valence-corrected chi connectivity index (χ2v) is 1.46. The molecule has 0 saturated carbocycles. The summed E-state index contributed by atoms with van der Waals surface area (Å²) in [7, 11) is 0. The van der Waals surface area contributed by atoms with Crippen molar-refractivity contribution < 1.29 is 51.4 Å². The minimum atomic E-state index is 0. The van der Waals surface area contributed by atoms with Gasteiger partial charge in [-0.15, -0.1) is 0 Å². The molecule has 38 valence electrons.